The van der Waals surface area contributed by atoms with Crippen molar-refractivity contribution in [2.24, 2.45) is 4.99 Å². The number of aliphatic imine (C=N–C) groups is 1. The van der Waals surface area contributed by atoms with Crippen molar-refractivity contribution in [3.63, 3.8) is 0 Å². The van der Waals surface area contributed by atoms with Crippen molar-refractivity contribution >= 4 is 11.6 Å². The van der Waals surface area contributed by atoms with Crippen LogP contribution in [-0.2, 0) is 0 Å². The van der Waals surface area contributed by atoms with E-state index >= 15 is 0 Å². The molecule has 2 rings (SSSR count). The van der Waals surface area contributed by atoms with Crippen LogP contribution in [-0.4, -0.2) is 56.8 Å². The molecule has 1 aromatic carbocycles. The number of likely N-dealkylation sites (tertiary alicyclic amines) is 1. The second-order valence-corrected chi connectivity index (χ2v) is 6.85. The Bertz CT molecular complexity index is 591. The van der Waals surface area contributed by atoms with Gasteiger partial charge >= 0.3 is 0 Å². The number of nitrogens with one attached hydrogen (secondary N) is 2. The fraction of sp³-hybridized carbons (Fsp3) is 0.650. The van der Waals surface area contributed by atoms with Crippen LogP contribution in [0.3, 0.4) is 0 Å². The van der Waals surface area contributed by atoms with Gasteiger partial charge in [-0.15, -0.1) is 0 Å². The maximum atomic E-state index is 5.38. The van der Waals surface area contributed by atoms with Gasteiger partial charge in [0, 0.05) is 30.4 Å². The van der Waals surface area contributed by atoms with Gasteiger partial charge in [0.1, 0.15) is 0 Å². The van der Waals surface area contributed by atoms with Crippen LogP contribution in [0, 0.1) is 0 Å². The summed E-state index contributed by atoms with van der Waals surface area (Å²) in [5.41, 5.74) is 0.918. The Labute approximate surface area is 158 Å². The van der Waals surface area contributed by atoms with Crippen molar-refractivity contribution in [3.8, 4) is 11.5 Å². The highest BCUT2D eigenvalue weighted by Gasteiger charge is 2.22. The summed E-state index contributed by atoms with van der Waals surface area (Å²) >= 11 is 0. The maximum absolute atomic E-state index is 5.38. The molecule has 1 saturated heterocycles. The van der Waals surface area contributed by atoms with Crippen molar-refractivity contribution in [2.45, 2.75) is 52.1 Å². The predicted octanol–water partition coefficient (Wildman–Crippen LogP) is 3.34. The second kappa shape index (κ2) is 10.3. The summed E-state index contributed by atoms with van der Waals surface area (Å²) in [7, 11) is 3.28. The van der Waals surface area contributed by atoms with Gasteiger partial charge in [0.25, 0.3) is 0 Å². The number of piperidine rings is 1. The van der Waals surface area contributed by atoms with Crippen LogP contribution < -0.4 is 20.1 Å². The molecule has 0 aliphatic carbocycles. The van der Waals surface area contributed by atoms with Crippen LogP contribution in [0.25, 0.3) is 0 Å². The number of benzene rings is 1. The first kappa shape index (κ1) is 20.4. The quantitative estimate of drug-likeness (QED) is 0.575. The molecule has 146 valence electrons. The molecule has 26 heavy (non-hydrogen) atoms. The van der Waals surface area contributed by atoms with E-state index in [1.165, 1.54) is 25.8 Å². The molecule has 1 aliphatic heterocycles. The third-order valence-electron chi connectivity index (χ3n) is 4.92. The van der Waals surface area contributed by atoms with Gasteiger partial charge in [0.05, 0.1) is 20.8 Å². The number of hydrogen-bond acceptors (Lipinski definition) is 4. The molecule has 1 aromatic rings. The number of hydrogen-bond donors (Lipinski definition) is 2. The fourth-order valence-electron chi connectivity index (χ4n) is 3.46. The molecule has 6 heteroatoms. The summed E-state index contributed by atoms with van der Waals surface area (Å²) in [6.45, 7) is 9.43. The summed E-state index contributed by atoms with van der Waals surface area (Å²) in [6, 6.07) is 6.86. The van der Waals surface area contributed by atoms with Crippen molar-refractivity contribution in [1.82, 2.24) is 10.2 Å². The molecule has 1 aliphatic rings. The van der Waals surface area contributed by atoms with Crippen molar-refractivity contribution in [1.29, 1.82) is 0 Å². The van der Waals surface area contributed by atoms with E-state index in [-0.39, 0.29) is 0 Å². The average Bonchev–Trinajstić information content (AvgIpc) is 2.66. The zero-order valence-corrected chi connectivity index (χ0v) is 16.8. The van der Waals surface area contributed by atoms with E-state index in [0.29, 0.717) is 23.6 Å². The third-order valence-corrected chi connectivity index (χ3v) is 4.92. The summed E-state index contributed by atoms with van der Waals surface area (Å²) < 4.78 is 10.7. The smallest absolute Gasteiger partial charge is 0.195 e. The lowest BCUT2D eigenvalue weighted by Gasteiger charge is -2.37. The first-order chi connectivity index (χ1) is 12.6. The van der Waals surface area contributed by atoms with Crippen LogP contribution in [0.15, 0.2) is 23.2 Å². The van der Waals surface area contributed by atoms with Crippen LogP contribution in [0.1, 0.15) is 40.0 Å². The maximum Gasteiger partial charge on any atom is 0.195 e. The third kappa shape index (κ3) is 5.53. The SMILES string of the molecule is CCNC(=NCC(C)N1CCCCC1C)Nc1ccc(OC)c(OC)c1. The van der Waals surface area contributed by atoms with E-state index in [1.54, 1.807) is 14.2 Å². The number of nitrogens with zero attached hydrogens (tertiary/aromatic N) is 2. The van der Waals surface area contributed by atoms with Gasteiger partial charge in [-0.2, -0.15) is 0 Å². The van der Waals surface area contributed by atoms with Gasteiger partial charge in [-0.3, -0.25) is 9.89 Å². The molecule has 0 radical (unpaired) electrons. The fourth-order valence-corrected chi connectivity index (χ4v) is 3.46. The van der Waals surface area contributed by atoms with Crippen LogP contribution in [0.4, 0.5) is 5.69 Å². The molecule has 2 N–H and O–H groups in total. The number of anilines is 1. The van der Waals surface area contributed by atoms with E-state index in [0.717, 1.165) is 24.7 Å². The Morgan fingerprint density at radius 2 is 2.04 bits per heavy atom. The highest BCUT2D eigenvalue weighted by atomic mass is 16.5. The Morgan fingerprint density at radius 1 is 1.27 bits per heavy atom. The molecule has 2 atom stereocenters. The van der Waals surface area contributed by atoms with E-state index in [9.17, 15) is 0 Å². The minimum atomic E-state index is 0.436. The van der Waals surface area contributed by atoms with Crippen LogP contribution in [0.2, 0.25) is 0 Å². The highest BCUT2D eigenvalue weighted by Crippen LogP contribution is 2.29. The van der Waals surface area contributed by atoms with Crippen LogP contribution >= 0.6 is 0 Å². The number of methoxy groups -OCH3 is 2. The Hall–Kier alpha value is -1.95. The topological polar surface area (TPSA) is 58.1 Å². The minimum absolute atomic E-state index is 0.436. The molecule has 0 aromatic heterocycles. The first-order valence-electron chi connectivity index (χ1n) is 9.62. The number of guanidine groups is 1. The summed E-state index contributed by atoms with van der Waals surface area (Å²) in [4.78, 5) is 7.37. The molecule has 1 heterocycles. The Balaban J connectivity index is 2.04. The number of rotatable bonds is 7. The van der Waals surface area contributed by atoms with Crippen LogP contribution in [0.5, 0.6) is 11.5 Å². The summed E-state index contributed by atoms with van der Waals surface area (Å²) in [6.07, 6.45) is 3.93. The Morgan fingerprint density at radius 3 is 2.69 bits per heavy atom. The molecule has 0 spiro atoms. The predicted molar refractivity (Wildman–Crippen MR) is 109 cm³/mol. The largest absolute Gasteiger partial charge is 0.493 e. The average molecular weight is 363 g/mol. The molecule has 6 nitrogen and oxygen atoms in total. The molecule has 2 unspecified atom stereocenters. The molecule has 1 fully saturated rings. The van der Waals surface area contributed by atoms with Gasteiger partial charge < -0.3 is 20.1 Å². The summed E-state index contributed by atoms with van der Waals surface area (Å²) in [5, 5.41) is 6.68. The zero-order valence-electron chi connectivity index (χ0n) is 16.8. The second-order valence-electron chi connectivity index (χ2n) is 6.85. The van der Waals surface area contributed by atoms with Crippen molar-refractivity contribution in [3.05, 3.63) is 18.2 Å². The lowest BCUT2D eigenvalue weighted by molar-refractivity contribution is 0.118. The number of ether oxygens (including phenoxy) is 2. The van der Waals surface area contributed by atoms with E-state index < -0.39 is 0 Å². The van der Waals surface area contributed by atoms with Gasteiger partial charge in [-0.05, 0) is 52.3 Å². The summed E-state index contributed by atoms with van der Waals surface area (Å²) in [5.74, 6) is 2.20. The van der Waals surface area contributed by atoms with Gasteiger partial charge in [0.15, 0.2) is 17.5 Å². The van der Waals surface area contributed by atoms with E-state index in [1.807, 2.05) is 18.2 Å². The lowest BCUT2D eigenvalue weighted by Crippen LogP contribution is -2.45. The lowest BCUT2D eigenvalue weighted by atomic mass is 10.0. The Kier molecular flexibility index (Phi) is 8.04. The van der Waals surface area contributed by atoms with Gasteiger partial charge in [-0.1, -0.05) is 6.42 Å². The van der Waals surface area contributed by atoms with Crippen molar-refractivity contribution < 1.29 is 9.47 Å². The van der Waals surface area contributed by atoms with Gasteiger partial charge in [0.2, 0.25) is 0 Å². The normalized spacial score (nSPS) is 19.7. The van der Waals surface area contributed by atoms with Gasteiger partial charge in [-0.25, -0.2) is 0 Å². The van der Waals surface area contributed by atoms with Crippen molar-refractivity contribution in [2.75, 3.05) is 39.2 Å². The first-order valence-corrected chi connectivity index (χ1v) is 9.62. The molecule has 0 amide bonds. The molecule has 0 bridgehead atoms. The monoisotopic (exact) mass is 362 g/mol. The highest BCUT2D eigenvalue weighted by molar-refractivity contribution is 5.93. The van der Waals surface area contributed by atoms with E-state index in [2.05, 4.69) is 36.3 Å². The van der Waals surface area contributed by atoms with E-state index in [4.69, 9.17) is 14.5 Å². The molecular weight excluding hydrogens is 328 g/mol. The molecule has 0 saturated carbocycles. The zero-order chi connectivity index (χ0) is 18.9. The minimum Gasteiger partial charge on any atom is -0.493 e. The standard InChI is InChI=1S/C20H34N4O2/c1-6-21-20(22-14-16(3)24-12-8-7-9-15(24)2)23-17-10-11-18(25-4)19(13-17)26-5/h10-11,13,15-16H,6-9,12,14H2,1-5H3,(H2,21,22,23). The molecular formula is C20H34N4O2.